The van der Waals surface area contributed by atoms with Crippen molar-refractivity contribution in [1.82, 2.24) is 10.3 Å². The summed E-state index contributed by atoms with van der Waals surface area (Å²) >= 11 is 0. The number of nitrogens with one attached hydrogen (secondary N) is 1. The van der Waals surface area contributed by atoms with Crippen molar-refractivity contribution in [2.75, 3.05) is 13.1 Å². The molecule has 1 aliphatic heterocycles. The predicted molar refractivity (Wildman–Crippen MR) is 75.8 cm³/mol. The van der Waals surface area contributed by atoms with Gasteiger partial charge in [0.25, 0.3) is 0 Å². The number of aryl methyl sites for hydroxylation is 1. The maximum absolute atomic E-state index is 4.39. The van der Waals surface area contributed by atoms with E-state index in [1.54, 1.807) is 0 Å². The van der Waals surface area contributed by atoms with Gasteiger partial charge in [-0.05, 0) is 68.3 Å². The van der Waals surface area contributed by atoms with Gasteiger partial charge in [0.1, 0.15) is 0 Å². The molecule has 1 fully saturated rings. The molecule has 2 heteroatoms. The lowest BCUT2D eigenvalue weighted by Crippen LogP contribution is -2.28. The third-order valence-electron chi connectivity index (χ3n) is 3.91. The molecule has 0 bridgehead atoms. The molecule has 1 saturated heterocycles. The number of pyridine rings is 1. The van der Waals surface area contributed by atoms with Crippen molar-refractivity contribution >= 4 is 10.8 Å². The Morgan fingerprint density at radius 1 is 1.17 bits per heavy atom. The minimum Gasteiger partial charge on any atom is -0.317 e. The molecule has 1 aliphatic rings. The zero-order valence-corrected chi connectivity index (χ0v) is 10.9. The second-order valence-electron chi connectivity index (χ2n) is 5.40. The lowest BCUT2D eigenvalue weighted by molar-refractivity contribution is 0.373. The Morgan fingerprint density at radius 2 is 2.00 bits per heavy atom. The van der Waals surface area contributed by atoms with Gasteiger partial charge in [0, 0.05) is 17.3 Å². The van der Waals surface area contributed by atoms with E-state index in [1.807, 2.05) is 13.1 Å². The second-order valence-corrected chi connectivity index (χ2v) is 5.40. The number of fused-ring (bicyclic) bond motifs is 1. The van der Waals surface area contributed by atoms with Crippen molar-refractivity contribution in [3.05, 3.63) is 41.7 Å². The van der Waals surface area contributed by atoms with Crippen LogP contribution >= 0.6 is 0 Å². The lowest BCUT2D eigenvalue weighted by Gasteiger charge is -2.22. The van der Waals surface area contributed by atoms with Crippen molar-refractivity contribution in [2.24, 2.45) is 5.92 Å². The van der Waals surface area contributed by atoms with E-state index in [1.165, 1.54) is 48.7 Å². The molecule has 0 radical (unpaired) electrons. The van der Waals surface area contributed by atoms with Crippen LogP contribution < -0.4 is 5.32 Å². The number of benzene rings is 1. The van der Waals surface area contributed by atoms with E-state index in [-0.39, 0.29) is 0 Å². The molecular weight excluding hydrogens is 220 g/mol. The van der Waals surface area contributed by atoms with Gasteiger partial charge >= 0.3 is 0 Å². The van der Waals surface area contributed by atoms with E-state index in [4.69, 9.17) is 0 Å². The summed E-state index contributed by atoms with van der Waals surface area (Å²) in [4.78, 5) is 4.39. The van der Waals surface area contributed by atoms with Crippen LogP contribution in [0.15, 0.2) is 30.5 Å². The first-order chi connectivity index (χ1) is 8.81. The SMILES string of the molecule is Cc1cc2ccc(CC3CCNCC3)cc2cn1. The molecule has 3 rings (SSSR count). The average molecular weight is 240 g/mol. The molecule has 94 valence electrons. The molecule has 0 spiro atoms. The Morgan fingerprint density at radius 3 is 2.83 bits per heavy atom. The van der Waals surface area contributed by atoms with Crippen molar-refractivity contribution in [3.63, 3.8) is 0 Å². The second kappa shape index (κ2) is 5.07. The van der Waals surface area contributed by atoms with Gasteiger partial charge in [0.2, 0.25) is 0 Å². The summed E-state index contributed by atoms with van der Waals surface area (Å²) < 4.78 is 0. The first-order valence-corrected chi connectivity index (χ1v) is 6.87. The highest BCUT2D eigenvalue weighted by atomic mass is 14.9. The monoisotopic (exact) mass is 240 g/mol. The third-order valence-corrected chi connectivity index (χ3v) is 3.91. The van der Waals surface area contributed by atoms with E-state index in [2.05, 4.69) is 34.6 Å². The Labute approximate surface area is 108 Å². The number of hydrogen-bond donors (Lipinski definition) is 1. The van der Waals surface area contributed by atoms with E-state index in [0.29, 0.717) is 0 Å². The Balaban J connectivity index is 1.82. The smallest absolute Gasteiger partial charge is 0.0379 e. The summed E-state index contributed by atoms with van der Waals surface area (Å²) in [6.45, 7) is 4.40. The largest absolute Gasteiger partial charge is 0.317 e. The van der Waals surface area contributed by atoms with Crippen molar-refractivity contribution in [3.8, 4) is 0 Å². The molecular formula is C16H20N2. The van der Waals surface area contributed by atoms with Crippen LogP contribution in [-0.2, 0) is 6.42 Å². The van der Waals surface area contributed by atoms with Gasteiger partial charge in [-0.3, -0.25) is 4.98 Å². The molecule has 0 aliphatic carbocycles. The van der Waals surface area contributed by atoms with Crippen LogP contribution in [-0.4, -0.2) is 18.1 Å². The number of rotatable bonds is 2. The molecule has 0 unspecified atom stereocenters. The molecule has 0 amide bonds. The minimum atomic E-state index is 0.849. The van der Waals surface area contributed by atoms with Crippen molar-refractivity contribution in [2.45, 2.75) is 26.2 Å². The molecule has 2 nitrogen and oxygen atoms in total. The predicted octanol–water partition coefficient (Wildman–Crippen LogP) is 3.09. The topological polar surface area (TPSA) is 24.9 Å². The molecule has 2 heterocycles. The molecule has 2 aromatic rings. The Hall–Kier alpha value is -1.41. The standard InChI is InChI=1S/C16H20N2/c1-12-8-15-3-2-14(10-16(15)11-18-12)9-13-4-6-17-7-5-13/h2-3,8,10-11,13,17H,4-7,9H2,1H3. The van der Waals surface area contributed by atoms with E-state index >= 15 is 0 Å². The molecule has 0 saturated carbocycles. The summed E-state index contributed by atoms with van der Waals surface area (Å²) in [6, 6.07) is 8.98. The van der Waals surface area contributed by atoms with Gasteiger partial charge in [-0.1, -0.05) is 12.1 Å². The van der Waals surface area contributed by atoms with Crippen LogP contribution in [0.2, 0.25) is 0 Å². The van der Waals surface area contributed by atoms with Gasteiger partial charge in [-0.15, -0.1) is 0 Å². The summed E-state index contributed by atoms with van der Waals surface area (Å²) in [5.41, 5.74) is 2.55. The number of nitrogens with zero attached hydrogens (tertiary/aromatic N) is 1. The van der Waals surface area contributed by atoms with Crippen LogP contribution in [0, 0.1) is 12.8 Å². The van der Waals surface area contributed by atoms with E-state index < -0.39 is 0 Å². The lowest BCUT2D eigenvalue weighted by atomic mass is 9.90. The molecule has 1 N–H and O–H groups in total. The summed E-state index contributed by atoms with van der Waals surface area (Å²) in [5, 5.41) is 6.00. The summed E-state index contributed by atoms with van der Waals surface area (Å²) in [6.07, 6.45) is 5.83. The fourth-order valence-electron chi connectivity index (χ4n) is 2.85. The van der Waals surface area contributed by atoms with Gasteiger partial charge in [-0.25, -0.2) is 0 Å². The molecule has 1 aromatic heterocycles. The van der Waals surface area contributed by atoms with Gasteiger partial charge in [0.05, 0.1) is 0 Å². The molecule has 1 aromatic carbocycles. The Bertz CT molecular complexity index is 542. The number of hydrogen-bond acceptors (Lipinski definition) is 2. The quantitative estimate of drug-likeness (QED) is 0.872. The zero-order valence-electron chi connectivity index (χ0n) is 10.9. The molecule has 0 atom stereocenters. The maximum Gasteiger partial charge on any atom is 0.0379 e. The fourth-order valence-corrected chi connectivity index (χ4v) is 2.85. The van der Waals surface area contributed by atoms with Crippen LogP contribution in [0.5, 0.6) is 0 Å². The van der Waals surface area contributed by atoms with Crippen LogP contribution in [0.3, 0.4) is 0 Å². The van der Waals surface area contributed by atoms with Crippen LogP contribution in [0.4, 0.5) is 0 Å². The average Bonchev–Trinajstić information content (AvgIpc) is 2.40. The minimum absolute atomic E-state index is 0.849. The fraction of sp³-hybridized carbons (Fsp3) is 0.438. The highest BCUT2D eigenvalue weighted by Gasteiger charge is 2.13. The first kappa shape index (κ1) is 11.7. The molecule has 18 heavy (non-hydrogen) atoms. The third kappa shape index (κ3) is 2.54. The number of aromatic nitrogens is 1. The highest BCUT2D eigenvalue weighted by Crippen LogP contribution is 2.21. The van der Waals surface area contributed by atoms with Gasteiger partial charge < -0.3 is 5.32 Å². The maximum atomic E-state index is 4.39. The van der Waals surface area contributed by atoms with Gasteiger partial charge in [-0.2, -0.15) is 0 Å². The first-order valence-electron chi connectivity index (χ1n) is 6.87. The van der Waals surface area contributed by atoms with Crippen molar-refractivity contribution < 1.29 is 0 Å². The summed E-state index contributed by atoms with van der Waals surface area (Å²) in [5.74, 6) is 0.849. The summed E-state index contributed by atoms with van der Waals surface area (Å²) in [7, 11) is 0. The van der Waals surface area contributed by atoms with Crippen LogP contribution in [0.25, 0.3) is 10.8 Å². The van der Waals surface area contributed by atoms with Crippen LogP contribution in [0.1, 0.15) is 24.1 Å². The van der Waals surface area contributed by atoms with Gasteiger partial charge in [0.15, 0.2) is 0 Å². The zero-order chi connectivity index (χ0) is 12.4. The number of piperidine rings is 1. The Kier molecular flexibility index (Phi) is 3.28. The highest BCUT2D eigenvalue weighted by molar-refractivity contribution is 5.82. The van der Waals surface area contributed by atoms with E-state index in [0.717, 1.165) is 11.6 Å². The van der Waals surface area contributed by atoms with Crippen molar-refractivity contribution in [1.29, 1.82) is 0 Å². The normalized spacial score (nSPS) is 17.2. The van der Waals surface area contributed by atoms with E-state index in [9.17, 15) is 0 Å².